The molecule has 2 aromatic carbocycles. The highest BCUT2D eigenvalue weighted by molar-refractivity contribution is 5.84. The summed E-state index contributed by atoms with van der Waals surface area (Å²) in [5.41, 5.74) is 2.46. The minimum absolute atomic E-state index is 0.139. The second-order valence-corrected chi connectivity index (χ2v) is 4.82. The van der Waals surface area contributed by atoms with E-state index in [0.29, 0.717) is 24.1 Å². The third-order valence-corrected chi connectivity index (χ3v) is 3.52. The van der Waals surface area contributed by atoms with Gasteiger partial charge in [-0.25, -0.2) is 4.98 Å². The van der Waals surface area contributed by atoms with Gasteiger partial charge in [-0.1, -0.05) is 12.1 Å². The summed E-state index contributed by atoms with van der Waals surface area (Å²) in [6, 6.07) is 11.4. The van der Waals surface area contributed by atoms with E-state index >= 15 is 0 Å². The van der Waals surface area contributed by atoms with Crippen LogP contribution in [0.3, 0.4) is 0 Å². The maximum Gasteiger partial charge on any atom is 0.258 e. The summed E-state index contributed by atoms with van der Waals surface area (Å²) in [6.45, 7) is 1.13. The Morgan fingerprint density at radius 1 is 0.952 bits per heavy atom. The van der Waals surface area contributed by atoms with Crippen molar-refractivity contribution < 1.29 is 9.47 Å². The summed E-state index contributed by atoms with van der Waals surface area (Å²) >= 11 is 0. The summed E-state index contributed by atoms with van der Waals surface area (Å²) in [4.78, 5) is 18.6. The molecule has 0 unspecified atom stereocenters. The average molecular weight is 280 g/mol. The van der Waals surface area contributed by atoms with Crippen LogP contribution in [-0.2, 0) is 0 Å². The lowest BCUT2D eigenvalue weighted by atomic mass is 10.0. The van der Waals surface area contributed by atoms with Crippen LogP contribution in [0.2, 0.25) is 0 Å². The third-order valence-electron chi connectivity index (χ3n) is 3.52. The van der Waals surface area contributed by atoms with Crippen molar-refractivity contribution in [1.82, 2.24) is 9.97 Å². The zero-order chi connectivity index (χ0) is 14.2. The molecule has 5 heteroatoms. The SMILES string of the molecule is O=c1[nH]cnc2ccc(-c3ccc4c(c3)OCCO4)cc12. The largest absolute Gasteiger partial charge is 0.486 e. The number of hydrogen-bond donors (Lipinski definition) is 1. The number of fused-ring (bicyclic) bond motifs is 2. The molecule has 0 spiro atoms. The molecule has 0 fully saturated rings. The summed E-state index contributed by atoms with van der Waals surface area (Å²) in [5, 5.41) is 0.574. The van der Waals surface area contributed by atoms with Crippen LogP contribution in [0.4, 0.5) is 0 Å². The number of hydrogen-bond acceptors (Lipinski definition) is 4. The molecule has 4 rings (SSSR count). The van der Waals surface area contributed by atoms with Crippen LogP contribution < -0.4 is 15.0 Å². The fraction of sp³-hybridized carbons (Fsp3) is 0.125. The Balaban J connectivity index is 1.86. The van der Waals surface area contributed by atoms with Gasteiger partial charge in [-0.05, 0) is 35.4 Å². The first-order chi connectivity index (χ1) is 10.3. The smallest absolute Gasteiger partial charge is 0.258 e. The molecule has 21 heavy (non-hydrogen) atoms. The number of rotatable bonds is 1. The van der Waals surface area contributed by atoms with Crippen LogP contribution in [-0.4, -0.2) is 23.2 Å². The van der Waals surface area contributed by atoms with E-state index in [1.54, 1.807) is 0 Å². The molecule has 0 radical (unpaired) electrons. The van der Waals surface area contributed by atoms with Crippen LogP contribution >= 0.6 is 0 Å². The molecule has 1 N–H and O–H groups in total. The molecule has 0 aliphatic carbocycles. The minimum atomic E-state index is -0.139. The predicted molar refractivity (Wildman–Crippen MR) is 78.8 cm³/mol. The molecule has 104 valence electrons. The third kappa shape index (κ3) is 2.03. The van der Waals surface area contributed by atoms with E-state index in [2.05, 4.69) is 9.97 Å². The molecule has 3 aromatic rings. The van der Waals surface area contributed by atoms with Crippen molar-refractivity contribution in [3.63, 3.8) is 0 Å². The Morgan fingerprint density at radius 2 is 1.71 bits per heavy atom. The van der Waals surface area contributed by atoms with Crippen molar-refractivity contribution >= 4 is 10.9 Å². The zero-order valence-electron chi connectivity index (χ0n) is 11.1. The maximum atomic E-state index is 11.9. The summed E-state index contributed by atoms with van der Waals surface area (Å²) in [5.74, 6) is 1.49. The molecule has 1 aromatic heterocycles. The van der Waals surface area contributed by atoms with Crippen molar-refractivity contribution in [2.75, 3.05) is 13.2 Å². The molecule has 0 atom stereocenters. The van der Waals surface area contributed by atoms with E-state index in [9.17, 15) is 4.79 Å². The lowest BCUT2D eigenvalue weighted by Crippen LogP contribution is -2.15. The van der Waals surface area contributed by atoms with Gasteiger partial charge in [0.25, 0.3) is 5.56 Å². The standard InChI is InChI=1S/C16H12N2O3/c19-16-12-7-10(1-3-13(12)17-9-18-16)11-2-4-14-15(8-11)21-6-5-20-14/h1-4,7-9H,5-6H2,(H,17,18,19). The van der Waals surface area contributed by atoms with Gasteiger partial charge in [-0.15, -0.1) is 0 Å². The lowest BCUT2D eigenvalue weighted by molar-refractivity contribution is 0.171. The molecule has 0 amide bonds. The first kappa shape index (κ1) is 12.0. The second kappa shape index (κ2) is 4.63. The summed E-state index contributed by atoms with van der Waals surface area (Å²) < 4.78 is 11.1. The van der Waals surface area contributed by atoms with Crippen LogP contribution in [0.15, 0.2) is 47.5 Å². The molecule has 0 saturated carbocycles. The number of H-pyrrole nitrogens is 1. The Kier molecular flexibility index (Phi) is 2.64. The van der Waals surface area contributed by atoms with E-state index in [0.717, 1.165) is 22.6 Å². The van der Waals surface area contributed by atoms with Crippen molar-refractivity contribution in [2.24, 2.45) is 0 Å². The first-order valence-electron chi connectivity index (χ1n) is 6.69. The van der Waals surface area contributed by atoms with Crippen LogP contribution in [0.25, 0.3) is 22.0 Å². The lowest BCUT2D eigenvalue weighted by Gasteiger charge is -2.19. The number of nitrogens with one attached hydrogen (secondary N) is 1. The van der Waals surface area contributed by atoms with Gasteiger partial charge in [0, 0.05) is 0 Å². The Morgan fingerprint density at radius 3 is 2.62 bits per heavy atom. The van der Waals surface area contributed by atoms with Gasteiger partial charge < -0.3 is 14.5 Å². The second-order valence-electron chi connectivity index (χ2n) is 4.82. The van der Waals surface area contributed by atoms with Gasteiger partial charge in [0.05, 0.1) is 17.2 Å². The fourth-order valence-corrected chi connectivity index (χ4v) is 2.47. The molecule has 1 aliphatic rings. The van der Waals surface area contributed by atoms with E-state index < -0.39 is 0 Å². The Labute approximate surface area is 120 Å². The van der Waals surface area contributed by atoms with Crippen molar-refractivity contribution in [2.45, 2.75) is 0 Å². The topological polar surface area (TPSA) is 64.2 Å². The summed E-state index contributed by atoms with van der Waals surface area (Å²) in [6.07, 6.45) is 1.41. The average Bonchev–Trinajstić information content (AvgIpc) is 2.54. The van der Waals surface area contributed by atoms with E-state index in [1.807, 2.05) is 36.4 Å². The highest BCUT2D eigenvalue weighted by Crippen LogP contribution is 2.34. The molecule has 1 aliphatic heterocycles. The van der Waals surface area contributed by atoms with Crippen LogP contribution in [0.1, 0.15) is 0 Å². The molecular formula is C16H12N2O3. The highest BCUT2D eigenvalue weighted by Gasteiger charge is 2.12. The van der Waals surface area contributed by atoms with E-state index in [4.69, 9.17) is 9.47 Å². The van der Waals surface area contributed by atoms with Gasteiger partial charge in [-0.3, -0.25) is 4.79 Å². The number of aromatic amines is 1. The molecule has 5 nitrogen and oxygen atoms in total. The zero-order valence-corrected chi connectivity index (χ0v) is 11.1. The first-order valence-corrected chi connectivity index (χ1v) is 6.69. The van der Waals surface area contributed by atoms with Crippen molar-refractivity contribution in [3.8, 4) is 22.6 Å². The minimum Gasteiger partial charge on any atom is -0.486 e. The number of nitrogens with zero attached hydrogens (tertiary/aromatic N) is 1. The van der Waals surface area contributed by atoms with Gasteiger partial charge in [-0.2, -0.15) is 0 Å². The van der Waals surface area contributed by atoms with Crippen molar-refractivity contribution in [1.29, 1.82) is 0 Å². The Hall–Kier alpha value is -2.82. The van der Waals surface area contributed by atoms with Gasteiger partial charge >= 0.3 is 0 Å². The quantitative estimate of drug-likeness (QED) is 0.743. The molecule has 0 bridgehead atoms. The monoisotopic (exact) mass is 280 g/mol. The summed E-state index contributed by atoms with van der Waals surface area (Å²) in [7, 11) is 0. The normalized spacial score (nSPS) is 13.3. The number of aromatic nitrogens is 2. The van der Waals surface area contributed by atoms with E-state index in [1.165, 1.54) is 6.33 Å². The predicted octanol–water partition coefficient (Wildman–Crippen LogP) is 2.36. The molecule has 0 saturated heterocycles. The Bertz CT molecular complexity index is 886. The molecular weight excluding hydrogens is 268 g/mol. The fourth-order valence-electron chi connectivity index (χ4n) is 2.47. The van der Waals surface area contributed by atoms with Crippen LogP contribution in [0.5, 0.6) is 11.5 Å². The van der Waals surface area contributed by atoms with Crippen LogP contribution in [0, 0.1) is 0 Å². The van der Waals surface area contributed by atoms with Gasteiger partial charge in [0.1, 0.15) is 13.2 Å². The number of benzene rings is 2. The van der Waals surface area contributed by atoms with Gasteiger partial charge in [0.2, 0.25) is 0 Å². The van der Waals surface area contributed by atoms with Crippen molar-refractivity contribution in [3.05, 3.63) is 53.1 Å². The highest BCUT2D eigenvalue weighted by atomic mass is 16.6. The van der Waals surface area contributed by atoms with Gasteiger partial charge in [0.15, 0.2) is 11.5 Å². The molecule has 2 heterocycles. The van der Waals surface area contributed by atoms with E-state index in [-0.39, 0.29) is 5.56 Å². The number of ether oxygens (including phenoxy) is 2. The maximum absolute atomic E-state index is 11.9.